The van der Waals surface area contributed by atoms with Gasteiger partial charge in [-0.3, -0.25) is 0 Å². The minimum atomic E-state index is -0.0438. The molecule has 4 heteroatoms. The number of hydrogen-bond donors (Lipinski definition) is 2. The van der Waals surface area contributed by atoms with Crippen molar-refractivity contribution in [3.63, 3.8) is 0 Å². The molecule has 0 amide bonds. The Bertz CT molecular complexity index is 560. The van der Waals surface area contributed by atoms with Crippen molar-refractivity contribution in [1.29, 1.82) is 0 Å². The molecule has 0 saturated carbocycles. The normalized spacial score (nSPS) is 11.9. The van der Waals surface area contributed by atoms with E-state index in [9.17, 15) is 0 Å². The lowest BCUT2D eigenvalue weighted by atomic mass is 10.1. The van der Waals surface area contributed by atoms with E-state index in [1.165, 1.54) is 0 Å². The predicted molar refractivity (Wildman–Crippen MR) is 84.5 cm³/mol. The molecule has 1 unspecified atom stereocenters. The molecule has 0 radical (unpaired) electrons. The van der Waals surface area contributed by atoms with E-state index in [1.807, 2.05) is 55.5 Å². The number of nitrogens with one attached hydrogen (secondary N) is 1. The summed E-state index contributed by atoms with van der Waals surface area (Å²) in [4.78, 5) is 0. The molecule has 20 heavy (non-hydrogen) atoms. The van der Waals surface area contributed by atoms with Gasteiger partial charge in [0.15, 0.2) is 0 Å². The number of benzene rings is 2. The van der Waals surface area contributed by atoms with Crippen LogP contribution in [0.5, 0.6) is 5.75 Å². The van der Waals surface area contributed by atoms with Crippen molar-refractivity contribution in [3.8, 4) is 5.75 Å². The van der Waals surface area contributed by atoms with E-state index in [4.69, 9.17) is 22.1 Å². The van der Waals surface area contributed by atoms with Crippen LogP contribution in [0.3, 0.4) is 0 Å². The Hall–Kier alpha value is -1.71. The van der Waals surface area contributed by atoms with Crippen LogP contribution in [-0.4, -0.2) is 13.2 Å². The Kier molecular flexibility index (Phi) is 5.27. The van der Waals surface area contributed by atoms with Crippen LogP contribution in [0.2, 0.25) is 5.02 Å². The summed E-state index contributed by atoms with van der Waals surface area (Å²) in [6, 6.07) is 15.5. The summed E-state index contributed by atoms with van der Waals surface area (Å²) in [6.45, 7) is 3.05. The molecule has 3 nitrogen and oxygen atoms in total. The quantitative estimate of drug-likeness (QED) is 0.849. The van der Waals surface area contributed by atoms with Crippen molar-refractivity contribution in [2.24, 2.45) is 5.73 Å². The summed E-state index contributed by atoms with van der Waals surface area (Å²) in [7, 11) is 0. The molecular weight excluding hydrogens is 272 g/mol. The highest BCUT2D eigenvalue weighted by atomic mass is 35.5. The Labute approximate surface area is 124 Å². The van der Waals surface area contributed by atoms with E-state index in [1.54, 1.807) is 0 Å². The number of ether oxygens (including phenoxy) is 1. The molecule has 0 saturated heterocycles. The van der Waals surface area contributed by atoms with Crippen LogP contribution in [0, 0.1) is 0 Å². The maximum absolute atomic E-state index is 6.18. The Morgan fingerprint density at radius 1 is 1.15 bits per heavy atom. The van der Waals surface area contributed by atoms with Crippen molar-refractivity contribution in [1.82, 2.24) is 0 Å². The molecule has 3 N–H and O–H groups in total. The van der Waals surface area contributed by atoms with E-state index in [0.717, 1.165) is 17.0 Å². The number of hydrogen-bond acceptors (Lipinski definition) is 3. The van der Waals surface area contributed by atoms with Crippen molar-refractivity contribution < 1.29 is 4.74 Å². The topological polar surface area (TPSA) is 47.3 Å². The molecule has 2 aromatic carbocycles. The monoisotopic (exact) mass is 290 g/mol. The standard InChI is InChI=1S/C16H19ClN2O/c1-2-20-16-10-6-3-7-12(16)15(11-18)19-14-9-5-4-8-13(14)17/h3-10,15,19H,2,11,18H2,1H3. The van der Waals surface area contributed by atoms with Crippen LogP contribution in [0.15, 0.2) is 48.5 Å². The molecule has 1 atom stereocenters. The summed E-state index contributed by atoms with van der Waals surface area (Å²) >= 11 is 6.18. The first-order valence-electron chi connectivity index (χ1n) is 6.69. The van der Waals surface area contributed by atoms with Gasteiger partial charge in [0.1, 0.15) is 5.75 Å². The van der Waals surface area contributed by atoms with Gasteiger partial charge in [-0.25, -0.2) is 0 Å². The van der Waals surface area contributed by atoms with Crippen LogP contribution >= 0.6 is 11.6 Å². The minimum absolute atomic E-state index is 0.0438. The summed E-state index contributed by atoms with van der Waals surface area (Å²) < 4.78 is 5.66. The number of nitrogens with two attached hydrogens (primary N) is 1. The predicted octanol–water partition coefficient (Wildman–Crippen LogP) is 3.85. The second-order valence-electron chi connectivity index (χ2n) is 4.38. The molecule has 2 rings (SSSR count). The van der Waals surface area contributed by atoms with Gasteiger partial charge in [0, 0.05) is 12.1 Å². The maximum Gasteiger partial charge on any atom is 0.124 e. The van der Waals surface area contributed by atoms with Gasteiger partial charge in [0.2, 0.25) is 0 Å². The summed E-state index contributed by atoms with van der Waals surface area (Å²) in [5.74, 6) is 0.852. The van der Waals surface area contributed by atoms with Crippen LogP contribution in [0.4, 0.5) is 5.69 Å². The van der Waals surface area contributed by atoms with Gasteiger partial charge in [-0.2, -0.15) is 0 Å². The van der Waals surface area contributed by atoms with Gasteiger partial charge in [-0.15, -0.1) is 0 Å². The zero-order valence-corrected chi connectivity index (χ0v) is 12.2. The van der Waals surface area contributed by atoms with Crippen LogP contribution in [0.1, 0.15) is 18.5 Å². The molecule has 0 bridgehead atoms. The molecule has 0 spiro atoms. The molecular formula is C16H19ClN2O. The third-order valence-electron chi connectivity index (χ3n) is 3.03. The maximum atomic E-state index is 6.18. The van der Waals surface area contributed by atoms with Crippen LogP contribution in [0.25, 0.3) is 0 Å². The fourth-order valence-corrected chi connectivity index (χ4v) is 2.28. The van der Waals surface area contributed by atoms with E-state index in [-0.39, 0.29) is 6.04 Å². The van der Waals surface area contributed by atoms with E-state index < -0.39 is 0 Å². The van der Waals surface area contributed by atoms with Gasteiger partial charge in [-0.05, 0) is 25.1 Å². The molecule has 0 aliphatic heterocycles. The van der Waals surface area contributed by atoms with E-state index in [0.29, 0.717) is 18.2 Å². The second-order valence-corrected chi connectivity index (χ2v) is 4.79. The molecule has 0 aliphatic carbocycles. The zero-order chi connectivity index (χ0) is 14.4. The molecule has 0 heterocycles. The Morgan fingerprint density at radius 3 is 2.55 bits per heavy atom. The Balaban J connectivity index is 2.27. The summed E-state index contributed by atoms with van der Waals surface area (Å²) in [5.41, 5.74) is 7.82. The highest BCUT2D eigenvalue weighted by Gasteiger charge is 2.15. The first-order chi connectivity index (χ1) is 9.76. The number of halogens is 1. The molecule has 0 aliphatic rings. The number of rotatable bonds is 6. The second kappa shape index (κ2) is 7.17. The van der Waals surface area contributed by atoms with Crippen molar-refractivity contribution >= 4 is 17.3 Å². The molecule has 2 aromatic rings. The van der Waals surface area contributed by atoms with Gasteiger partial charge in [0.05, 0.1) is 23.4 Å². The van der Waals surface area contributed by atoms with E-state index in [2.05, 4.69) is 5.32 Å². The van der Waals surface area contributed by atoms with Gasteiger partial charge in [-0.1, -0.05) is 41.9 Å². The highest BCUT2D eigenvalue weighted by Crippen LogP contribution is 2.30. The molecule has 106 valence electrons. The van der Waals surface area contributed by atoms with Gasteiger partial charge >= 0.3 is 0 Å². The highest BCUT2D eigenvalue weighted by molar-refractivity contribution is 6.33. The van der Waals surface area contributed by atoms with Gasteiger partial charge < -0.3 is 15.8 Å². The minimum Gasteiger partial charge on any atom is -0.494 e. The van der Waals surface area contributed by atoms with E-state index >= 15 is 0 Å². The summed E-state index contributed by atoms with van der Waals surface area (Å²) in [6.07, 6.45) is 0. The first kappa shape index (κ1) is 14.7. The average Bonchev–Trinajstić information content (AvgIpc) is 2.48. The van der Waals surface area contributed by atoms with Crippen LogP contribution in [-0.2, 0) is 0 Å². The summed E-state index contributed by atoms with van der Waals surface area (Å²) in [5, 5.41) is 4.06. The lowest BCUT2D eigenvalue weighted by Gasteiger charge is -2.22. The van der Waals surface area contributed by atoms with Crippen molar-refractivity contribution in [2.75, 3.05) is 18.5 Å². The fraction of sp³-hybridized carbons (Fsp3) is 0.250. The molecule has 0 aromatic heterocycles. The average molecular weight is 291 g/mol. The van der Waals surface area contributed by atoms with Crippen molar-refractivity contribution in [2.45, 2.75) is 13.0 Å². The molecule has 0 fully saturated rings. The first-order valence-corrected chi connectivity index (χ1v) is 7.07. The van der Waals surface area contributed by atoms with Crippen molar-refractivity contribution in [3.05, 3.63) is 59.1 Å². The number of para-hydroxylation sites is 2. The Morgan fingerprint density at radius 2 is 1.85 bits per heavy atom. The zero-order valence-electron chi connectivity index (χ0n) is 11.5. The third kappa shape index (κ3) is 3.44. The number of anilines is 1. The third-order valence-corrected chi connectivity index (χ3v) is 3.36. The van der Waals surface area contributed by atoms with Gasteiger partial charge in [0.25, 0.3) is 0 Å². The fourth-order valence-electron chi connectivity index (χ4n) is 2.08. The SMILES string of the molecule is CCOc1ccccc1C(CN)Nc1ccccc1Cl. The largest absolute Gasteiger partial charge is 0.494 e. The van der Waals surface area contributed by atoms with Crippen LogP contribution < -0.4 is 15.8 Å². The lowest BCUT2D eigenvalue weighted by Crippen LogP contribution is -2.21. The smallest absolute Gasteiger partial charge is 0.124 e. The lowest BCUT2D eigenvalue weighted by molar-refractivity contribution is 0.335.